The van der Waals surface area contributed by atoms with Gasteiger partial charge in [-0.25, -0.2) is 14.5 Å². The molecule has 1 aliphatic heterocycles. The first kappa shape index (κ1) is 13.1. The first-order valence-corrected chi connectivity index (χ1v) is 7.39. The number of allylic oxidation sites excluding steroid dienone is 2. The van der Waals surface area contributed by atoms with Crippen molar-refractivity contribution < 1.29 is 0 Å². The normalized spacial score (nSPS) is 19.5. The van der Waals surface area contributed by atoms with Crippen molar-refractivity contribution in [2.75, 3.05) is 0 Å². The summed E-state index contributed by atoms with van der Waals surface area (Å²) >= 11 is 0. The number of aromatic nitrogens is 4. The van der Waals surface area contributed by atoms with Crippen LogP contribution < -0.4 is 0 Å². The monoisotopic (exact) mass is 292 g/mol. The van der Waals surface area contributed by atoms with Gasteiger partial charge in [-0.15, -0.1) is 0 Å². The average Bonchev–Trinajstić information content (AvgIpc) is 3.13. The molecule has 6 heteroatoms. The Hall–Kier alpha value is -2.63. The van der Waals surface area contributed by atoms with E-state index in [1.165, 1.54) is 0 Å². The molecule has 1 aliphatic carbocycles. The molecule has 1 atom stereocenters. The summed E-state index contributed by atoms with van der Waals surface area (Å²) in [5, 5.41) is 4.56. The predicted molar refractivity (Wildman–Crippen MR) is 85.5 cm³/mol. The fraction of sp³-hybridized carbons (Fsp3) is 0.312. The molecule has 2 aliphatic rings. The maximum Gasteiger partial charge on any atom is 0.177 e. The Balaban J connectivity index is 1.54. The van der Waals surface area contributed by atoms with Crippen LogP contribution in [0.2, 0.25) is 0 Å². The molecule has 0 N–H and O–H groups in total. The van der Waals surface area contributed by atoms with E-state index < -0.39 is 0 Å². The number of aryl methyl sites for hydroxylation is 3. The van der Waals surface area contributed by atoms with Crippen molar-refractivity contribution in [3.05, 3.63) is 47.7 Å². The molecule has 2 aromatic rings. The topological polar surface area (TPSA) is 67.8 Å². The van der Waals surface area contributed by atoms with Gasteiger partial charge in [-0.2, -0.15) is 5.10 Å². The fourth-order valence-corrected chi connectivity index (χ4v) is 2.66. The number of amidine groups is 1. The Labute approximate surface area is 128 Å². The highest BCUT2D eigenvalue weighted by Gasteiger charge is 2.20. The zero-order valence-corrected chi connectivity index (χ0v) is 12.6. The van der Waals surface area contributed by atoms with Gasteiger partial charge in [-0.3, -0.25) is 9.98 Å². The molecule has 0 amide bonds. The number of nitrogens with zero attached hydrogens (tertiary/aromatic N) is 6. The van der Waals surface area contributed by atoms with Crippen LogP contribution in [0.4, 0.5) is 0 Å². The summed E-state index contributed by atoms with van der Waals surface area (Å²) in [7, 11) is 0. The molecule has 0 fully saturated rings. The van der Waals surface area contributed by atoms with Gasteiger partial charge in [0.2, 0.25) is 0 Å². The largest absolute Gasteiger partial charge is 0.256 e. The first-order valence-electron chi connectivity index (χ1n) is 7.39. The highest BCUT2D eigenvalue weighted by molar-refractivity contribution is 6.13. The molecular weight excluding hydrogens is 276 g/mol. The van der Waals surface area contributed by atoms with Crippen LogP contribution >= 0.6 is 0 Å². The van der Waals surface area contributed by atoms with Crippen molar-refractivity contribution in [2.24, 2.45) is 9.98 Å². The van der Waals surface area contributed by atoms with Crippen molar-refractivity contribution in [1.29, 1.82) is 0 Å². The van der Waals surface area contributed by atoms with E-state index in [0.717, 1.165) is 47.2 Å². The van der Waals surface area contributed by atoms with Crippen molar-refractivity contribution in [2.45, 2.75) is 32.7 Å². The molecule has 6 nitrogen and oxygen atoms in total. The van der Waals surface area contributed by atoms with Crippen LogP contribution in [0.1, 0.15) is 23.6 Å². The maximum atomic E-state index is 4.61. The van der Waals surface area contributed by atoms with Gasteiger partial charge < -0.3 is 0 Å². The molecule has 0 aromatic carbocycles. The fourth-order valence-electron chi connectivity index (χ4n) is 2.66. The van der Waals surface area contributed by atoms with E-state index in [4.69, 9.17) is 0 Å². The molecule has 1 unspecified atom stereocenters. The molecule has 0 spiro atoms. The van der Waals surface area contributed by atoms with Crippen LogP contribution in [0.15, 0.2) is 40.5 Å². The highest BCUT2D eigenvalue weighted by atomic mass is 15.3. The summed E-state index contributed by atoms with van der Waals surface area (Å²) in [6, 6.07) is 0.0997. The lowest BCUT2D eigenvalue weighted by molar-refractivity contribution is 0.832. The third-order valence-corrected chi connectivity index (χ3v) is 3.85. The molecule has 0 bridgehead atoms. The van der Waals surface area contributed by atoms with Crippen LogP contribution in [0.25, 0.3) is 5.65 Å². The number of hydrogen-bond donors (Lipinski definition) is 0. The van der Waals surface area contributed by atoms with E-state index in [1.54, 1.807) is 0 Å². The van der Waals surface area contributed by atoms with Crippen molar-refractivity contribution in [1.82, 2.24) is 19.6 Å². The molecule has 0 saturated carbocycles. The summed E-state index contributed by atoms with van der Waals surface area (Å²) in [6.07, 6.45) is 11.4. The lowest BCUT2D eigenvalue weighted by Gasteiger charge is -2.02. The van der Waals surface area contributed by atoms with Gasteiger partial charge in [0.05, 0.1) is 17.1 Å². The summed E-state index contributed by atoms with van der Waals surface area (Å²) in [5.41, 5.74) is 3.73. The Morgan fingerprint density at radius 3 is 2.91 bits per heavy atom. The van der Waals surface area contributed by atoms with Crippen molar-refractivity contribution >= 4 is 17.2 Å². The number of hydrogen-bond acceptors (Lipinski definition) is 5. The molecule has 110 valence electrons. The Bertz CT molecular complexity index is 829. The van der Waals surface area contributed by atoms with Gasteiger partial charge in [-0.05, 0) is 19.9 Å². The third-order valence-electron chi connectivity index (χ3n) is 3.85. The van der Waals surface area contributed by atoms with E-state index in [9.17, 15) is 0 Å². The van der Waals surface area contributed by atoms with Crippen molar-refractivity contribution in [3.8, 4) is 0 Å². The molecule has 3 heterocycles. The number of fused-ring (bicyclic) bond motifs is 2. The molecule has 4 rings (SSSR count). The smallest absolute Gasteiger partial charge is 0.177 e. The number of rotatable bonds is 3. The molecule has 0 radical (unpaired) electrons. The van der Waals surface area contributed by atoms with Crippen LogP contribution in [0.3, 0.4) is 0 Å². The van der Waals surface area contributed by atoms with Crippen molar-refractivity contribution in [3.63, 3.8) is 0 Å². The van der Waals surface area contributed by atoms with Crippen LogP contribution in [0.5, 0.6) is 0 Å². The summed E-state index contributed by atoms with van der Waals surface area (Å²) < 4.78 is 1.85. The van der Waals surface area contributed by atoms with Gasteiger partial charge in [0.15, 0.2) is 11.5 Å². The third kappa shape index (κ3) is 2.16. The Morgan fingerprint density at radius 2 is 2.09 bits per heavy atom. The lowest BCUT2D eigenvalue weighted by atomic mass is 10.1. The zero-order chi connectivity index (χ0) is 15.1. The van der Waals surface area contributed by atoms with E-state index in [-0.39, 0.29) is 6.04 Å². The second-order valence-electron chi connectivity index (χ2n) is 5.52. The Kier molecular flexibility index (Phi) is 2.96. The zero-order valence-electron chi connectivity index (χ0n) is 12.6. The summed E-state index contributed by atoms with van der Waals surface area (Å²) in [4.78, 5) is 18.1. The van der Waals surface area contributed by atoms with Gasteiger partial charge in [0.1, 0.15) is 11.9 Å². The SMILES string of the molecule is Cc1ncc(C)n2nc(CCC3=NC4C=CC=CC4=N3)nc12. The predicted octanol–water partition coefficient (Wildman–Crippen LogP) is 2.02. The number of aliphatic imine (C=N–C) groups is 2. The first-order chi connectivity index (χ1) is 10.7. The standard InChI is InChI=1S/C16H16N6/c1-10-9-17-11(2)16-20-15(21-22(10)16)8-7-14-18-12-5-3-4-6-13(12)19-14/h3-6,9,12H,7-8H2,1-2H3. The maximum absolute atomic E-state index is 4.61. The minimum Gasteiger partial charge on any atom is -0.256 e. The van der Waals surface area contributed by atoms with E-state index in [1.807, 2.05) is 42.8 Å². The second kappa shape index (κ2) is 4.98. The Morgan fingerprint density at radius 1 is 1.18 bits per heavy atom. The quantitative estimate of drug-likeness (QED) is 0.869. The minimum atomic E-state index is 0.0997. The van der Waals surface area contributed by atoms with Gasteiger partial charge in [-0.1, -0.05) is 18.2 Å². The van der Waals surface area contributed by atoms with Crippen LogP contribution in [-0.4, -0.2) is 37.2 Å². The molecular formula is C16H16N6. The molecule has 0 saturated heterocycles. The van der Waals surface area contributed by atoms with Gasteiger partial charge in [0, 0.05) is 19.0 Å². The second-order valence-corrected chi connectivity index (χ2v) is 5.52. The summed E-state index contributed by atoms with van der Waals surface area (Å²) in [5.74, 6) is 1.68. The van der Waals surface area contributed by atoms with Gasteiger partial charge in [0.25, 0.3) is 0 Å². The molecule has 2 aromatic heterocycles. The minimum absolute atomic E-state index is 0.0997. The van der Waals surface area contributed by atoms with E-state index >= 15 is 0 Å². The van der Waals surface area contributed by atoms with E-state index in [2.05, 4.69) is 31.1 Å². The summed E-state index contributed by atoms with van der Waals surface area (Å²) in [6.45, 7) is 3.93. The average molecular weight is 292 g/mol. The van der Waals surface area contributed by atoms with E-state index in [0.29, 0.717) is 0 Å². The van der Waals surface area contributed by atoms with Crippen LogP contribution in [-0.2, 0) is 6.42 Å². The highest BCUT2D eigenvalue weighted by Crippen LogP contribution is 2.16. The van der Waals surface area contributed by atoms with Crippen LogP contribution in [0, 0.1) is 13.8 Å². The molecule has 22 heavy (non-hydrogen) atoms. The van der Waals surface area contributed by atoms with Gasteiger partial charge >= 0.3 is 0 Å². The lowest BCUT2D eigenvalue weighted by Crippen LogP contribution is -2.11.